The SMILES string of the molecule is CC(C)c1ccccc1NC(=O)COC(=O)c1ccc(C2SCCS2)cc1. The van der Waals surface area contributed by atoms with Crippen molar-refractivity contribution in [2.75, 3.05) is 23.4 Å². The maximum Gasteiger partial charge on any atom is 0.338 e. The van der Waals surface area contributed by atoms with E-state index in [1.54, 1.807) is 12.1 Å². The maximum absolute atomic E-state index is 12.2. The number of ether oxygens (including phenoxy) is 1. The van der Waals surface area contributed by atoms with Crippen LogP contribution in [0.4, 0.5) is 5.69 Å². The summed E-state index contributed by atoms with van der Waals surface area (Å²) in [6.45, 7) is 3.83. The van der Waals surface area contributed by atoms with Crippen molar-refractivity contribution in [1.82, 2.24) is 0 Å². The van der Waals surface area contributed by atoms with Crippen LogP contribution in [0.2, 0.25) is 0 Å². The van der Waals surface area contributed by atoms with Gasteiger partial charge in [0.2, 0.25) is 0 Å². The van der Waals surface area contributed by atoms with Crippen molar-refractivity contribution in [1.29, 1.82) is 0 Å². The molecule has 1 aliphatic rings. The van der Waals surface area contributed by atoms with Gasteiger partial charge in [-0.05, 0) is 35.2 Å². The minimum atomic E-state index is -0.486. The summed E-state index contributed by atoms with van der Waals surface area (Å²) >= 11 is 3.84. The van der Waals surface area contributed by atoms with Crippen LogP contribution in [-0.4, -0.2) is 30.0 Å². The molecule has 27 heavy (non-hydrogen) atoms. The maximum atomic E-state index is 12.2. The van der Waals surface area contributed by atoms with Crippen LogP contribution < -0.4 is 5.32 Å². The van der Waals surface area contributed by atoms with Crippen molar-refractivity contribution < 1.29 is 14.3 Å². The van der Waals surface area contributed by atoms with Crippen LogP contribution in [-0.2, 0) is 9.53 Å². The normalized spacial score (nSPS) is 14.3. The van der Waals surface area contributed by atoms with E-state index in [-0.39, 0.29) is 12.5 Å². The van der Waals surface area contributed by atoms with Gasteiger partial charge in [-0.25, -0.2) is 4.79 Å². The second kappa shape index (κ2) is 9.33. The lowest BCUT2D eigenvalue weighted by Crippen LogP contribution is -2.21. The summed E-state index contributed by atoms with van der Waals surface area (Å²) in [4.78, 5) is 24.4. The number of hydrogen-bond donors (Lipinski definition) is 1. The third-order valence-electron chi connectivity index (χ3n) is 4.23. The molecule has 1 N–H and O–H groups in total. The number of hydrogen-bond acceptors (Lipinski definition) is 5. The molecular formula is C21H23NO3S2. The number of benzene rings is 2. The van der Waals surface area contributed by atoms with E-state index in [1.807, 2.05) is 59.9 Å². The Kier molecular flexibility index (Phi) is 6.85. The van der Waals surface area contributed by atoms with Gasteiger partial charge in [0.05, 0.1) is 10.1 Å². The van der Waals surface area contributed by atoms with E-state index in [1.165, 1.54) is 5.56 Å². The number of nitrogens with one attached hydrogen (secondary N) is 1. The molecule has 0 aliphatic carbocycles. The third kappa shape index (κ3) is 5.30. The van der Waals surface area contributed by atoms with Crippen LogP contribution >= 0.6 is 23.5 Å². The van der Waals surface area contributed by atoms with E-state index < -0.39 is 5.97 Å². The van der Waals surface area contributed by atoms with Gasteiger partial charge in [0.1, 0.15) is 0 Å². The summed E-state index contributed by atoms with van der Waals surface area (Å²) < 4.78 is 5.61. The second-order valence-corrected chi connectivity index (χ2v) is 9.29. The molecule has 0 spiro atoms. The van der Waals surface area contributed by atoms with E-state index in [4.69, 9.17) is 4.74 Å². The zero-order valence-corrected chi connectivity index (χ0v) is 17.1. The lowest BCUT2D eigenvalue weighted by molar-refractivity contribution is -0.119. The Morgan fingerprint density at radius 2 is 1.74 bits per heavy atom. The van der Waals surface area contributed by atoms with Gasteiger partial charge in [-0.2, -0.15) is 0 Å². The lowest BCUT2D eigenvalue weighted by Gasteiger charge is -2.13. The Bertz CT molecular complexity index is 799. The first-order valence-electron chi connectivity index (χ1n) is 8.93. The van der Waals surface area contributed by atoms with E-state index in [0.717, 1.165) is 22.8 Å². The minimum absolute atomic E-state index is 0.291. The standard InChI is InChI=1S/C21H23NO3S2/c1-14(2)17-5-3-4-6-18(17)22-19(23)13-25-20(24)15-7-9-16(10-8-15)21-26-11-12-27-21/h3-10,14,21H,11-13H2,1-2H3,(H,22,23). The highest BCUT2D eigenvalue weighted by molar-refractivity contribution is 8.19. The highest BCUT2D eigenvalue weighted by Gasteiger charge is 2.19. The largest absolute Gasteiger partial charge is 0.452 e. The smallest absolute Gasteiger partial charge is 0.338 e. The summed E-state index contributed by atoms with van der Waals surface area (Å²) in [6, 6.07) is 15.1. The first-order valence-corrected chi connectivity index (χ1v) is 11.0. The quantitative estimate of drug-likeness (QED) is 0.684. The molecule has 0 saturated carbocycles. The number of thioether (sulfide) groups is 2. The van der Waals surface area contributed by atoms with Crippen molar-refractivity contribution in [3.8, 4) is 0 Å². The number of carbonyl (C=O) groups excluding carboxylic acids is 2. The fourth-order valence-corrected chi connectivity index (χ4v) is 5.70. The molecule has 1 aliphatic heterocycles. The zero-order valence-electron chi connectivity index (χ0n) is 15.4. The van der Waals surface area contributed by atoms with Gasteiger partial charge in [-0.1, -0.05) is 44.2 Å². The van der Waals surface area contributed by atoms with Crippen LogP contribution in [0.15, 0.2) is 48.5 Å². The highest BCUT2D eigenvalue weighted by atomic mass is 32.2. The molecule has 0 bridgehead atoms. The molecule has 1 amide bonds. The summed E-state index contributed by atoms with van der Waals surface area (Å²) in [5.41, 5.74) is 3.48. The van der Waals surface area contributed by atoms with Crippen LogP contribution in [0.5, 0.6) is 0 Å². The van der Waals surface area contributed by atoms with Crippen molar-refractivity contribution in [2.45, 2.75) is 24.3 Å². The van der Waals surface area contributed by atoms with Crippen molar-refractivity contribution in [2.24, 2.45) is 0 Å². The number of rotatable bonds is 6. The summed E-state index contributed by atoms with van der Waals surface area (Å²) in [5.74, 6) is 1.79. The molecule has 0 atom stereocenters. The first-order chi connectivity index (χ1) is 13.0. The third-order valence-corrected chi connectivity index (χ3v) is 7.34. The topological polar surface area (TPSA) is 55.4 Å². The van der Waals surface area contributed by atoms with Crippen molar-refractivity contribution in [3.05, 3.63) is 65.2 Å². The average molecular weight is 402 g/mol. The predicted octanol–water partition coefficient (Wildman–Crippen LogP) is 5.08. The molecule has 0 radical (unpaired) electrons. The molecule has 2 aromatic carbocycles. The van der Waals surface area contributed by atoms with Gasteiger partial charge in [-0.15, -0.1) is 23.5 Å². The second-order valence-electron chi connectivity index (χ2n) is 6.56. The molecular weight excluding hydrogens is 378 g/mol. The monoisotopic (exact) mass is 401 g/mol. The molecule has 1 saturated heterocycles. The number of esters is 1. The van der Waals surface area contributed by atoms with E-state index in [0.29, 0.717) is 16.1 Å². The van der Waals surface area contributed by atoms with Gasteiger partial charge in [-0.3, -0.25) is 4.79 Å². The Balaban J connectivity index is 1.53. The van der Waals surface area contributed by atoms with Crippen molar-refractivity contribution >= 4 is 41.1 Å². The number of para-hydroxylation sites is 1. The number of anilines is 1. The summed E-state index contributed by atoms with van der Waals surface area (Å²) in [7, 11) is 0. The van der Waals surface area contributed by atoms with Gasteiger partial charge in [0, 0.05) is 17.2 Å². The van der Waals surface area contributed by atoms with E-state index in [9.17, 15) is 9.59 Å². The van der Waals surface area contributed by atoms with E-state index in [2.05, 4.69) is 19.2 Å². The van der Waals surface area contributed by atoms with Crippen LogP contribution in [0, 0.1) is 0 Å². The van der Waals surface area contributed by atoms with Crippen LogP contribution in [0.1, 0.15) is 45.8 Å². The molecule has 0 unspecified atom stereocenters. The molecule has 2 aromatic rings. The Hall–Kier alpha value is -1.92. The lowest BCUT2D eigenvalue weighted by atomic mass is 10.0. The van der Waals surface area contributed by atoms with Gasteiger partial charge < -0.3 is 10.1 Å². The number of carbonyl (C=O) groups is 2. The average Bonchev–Trinajstić information content (AvgIpc) is 3.21. The van der Waals surface area contributed by atoms with E-state index >= 15 is 0 Å². The number of amides is 1. The predicted molar refractivity (Wildman–Crippen MR) is 114 cm³/mol. The summed E-state index contributed by atoms with van der Waals surface area (Å²) in [6.07, 6.45) is 0. The zero-order chi connectivity index (χ0) is 19.2. The molecule has 0 aromatic heterocycles. The molecule has 3 rings (SSSR count). The fraction of sp³-hybridized carbons (Fsp3) is 0.333. The first kappa shape index (κ1) is 19.8. The van der Waals surface area contributed by atoms with Gasteiger partial charge in [0.25, 0.3) is 5.91 Å². The molecule has 6 heteroatoms. The molecule has 1 fully saturated rings. The fourth-order valence-electron chi connectivity index (χ4n) is 2.84. The Labute approximate surface area is 168 Å². The van der Waals surface area contributed by atoms with Gasteiger partial charge in [0.15, 0.2) is 6.61 Å². The molecule has 142 valence electrons. The highest BCUT2D eigenvalue weighted by Crippen LogP contribution is 2.45. The molecule has 1 heterocycles. The minimum Gasteiger partial charge on any atom is -0.452 e. The Morgan fingerprint density at radius 3 is 2.41 bits per heavy atom. The molecule has 4 nitrogen and oxygen atoms in total. The summed E-state index contributed by atoms with van der Waals surface area (Å²) in [5, 5.41) is 2.82. The van der Waals surface area contributed by atoms with Gasteiger partial charge >= 0.3 is 5.97 Å². The van der Waals surface area contributed by atoms with Crippen LogP contribution in [0.3, 0.4) is 0 Å². The van der Waals surface area contributed by atoms with Crippen molar-refractivity contribution in [3.63, 3.8) is 0 Å². The van der Waals surface area contributed by atoms with Crippen LogP contribution in [0.25, 0.3) is 0 Å². The Morgan fingerprint density at radius 1 is 1.07 bits per heavy atom.